The van der Waals surface area contributed by atoms with Gasteiger partial charge in [0.15, 0.2) is 0 Å². The van der Waals surface area contributed by atoms with Crippen LogP contribution in [0.4, 0.5) is 0 Å². The van der Waals surface area contributed by atoms with Crippen molar-refractivity contribution in [2.75, 3.05) is 0 Å². The second-order valence-corrected chi connectivity index (χ2v) is 11.7. The smallest absolute Gasteiger partial charge is 0.233 e. The number of hydrogen-bond donors (Lipinski definition) is 0. The lowest BCUT2D eigenvalue weighted by atomic mass is 9.86. The summed E-state index contributed by atoms with van der Waals surface area (Å²) in [7, 11) is 0. The number of hydrogen-bond acceptors (Lipinski definition) is 4. The van der Waals surface area contributed by atoms with E-state index in [1.807, 2.05) is 36.4 Å². The fourth-order valence-corrected chi connectivity index (χ4v) is 3.95. The average Bonchev–Trinajstić information content (AvgIpc) is 2.96. The van der Waals surface area contributed by atoms with Crippen molar-refractivity contribution in [3.63, 3.8) is 0 Å². The Bertz CT molecular complexity index is 1350. The third kappa shape index (κ3) is 8.75. The van der Waals surface area contributed by atoms with E-state index < -0.39 is 23.1 Å². The highest BCUT2D eigenvalue weighted by molar-refractivity contribution is 6.49. The van der Waals surface area contributed by atoms with Crippen molar-refractivity contribution < 1.29 is 24.7 Å². The van der Waals surface area contributed by atoms with Crippen LogP contribution in [0.1, 0.15) is 94.1 Å². The monoisotopic (exact) mass is 550 g/mol. The lowest BCUT2D eigenvalue weighted by Crippen LogP contribution is -2.15. The van der Waals surface area contributed by atoms with Gasteiger partial charge in [-0.05, 0) is 22.0 Å². The second-order valence-electron chi connectivity index (χ2n) is 11.7. The molecule has 0 saturated heterocycles. The Balaban J connectivity index is 0.000000280. The van der Waals surface area contributed by atoms with Crippen molar-refractivity contribution in [1.82, 2.24) is 0 Å². The first-order valence-corrected chi connectivity index (χ1v) is 13.3. The summed E-state index contributed by atoms with van der Waals surface area (Å²) in [6.45, 7) is 12.7. The Labute approximate surface area is 242 Å². The molecule has 0 saturated carbocycles. The predicted octanol–water partition coefficient (Wildman–Crippen LogP) is 7.27. The molecule has 2 N–H and O–H groups in total. The molecule has 4 aromatic rings. The molecule has 4 rings (SSSR count). The molecule has 41 heavy (non-hydrogen) atoms. The van der Waals surface area contributed by atoms with Crippen molar-refractivity contribution in [1.29, 1.82) is 0 Å². The lowest BCUT2D eigenvalue weighted by molar-refractivity contribution is 0.0817. The van der Waals surface area contributed by atoms with Gasteiger partial charge >= 0.3 is 0 Å². The number of carbonyl (C=O) groups excluding carboxylic acids is 4. The van der Waals surface area contributed by atoms with Crippen LogP contribution in [-0.2, 0) is 10.8 Å². The number of Topliss-reactive ketones (excluding diaryl/α,β-unsaturated/α-hetero) is 4. The molecular weight excluding hydrogens is 512 g/mol. The van der Waals surface area contributed by atoms with Gasteiger partial charge < -0.3 is 5.48 Å². The van der Waals surface area contributed by atoms with Crippen LogP contribution in [0.5, 0.6) is 0 Å². The second kappa shape index (κ2) is 13.7. The summed E-state index contributed by atoms with van der Waals surface area (Å²) in [5.74, 6) is -1.85. The van der Waals surface area contributed by atoms with Crippen molar-refractivity contribution >= 4 is 23.1 Å². The minimum atomic E-state index is -0.464. The summed E-state index contributed by atoms with van der Waals surface area (Å²) in [6, 6.07) is 31.8. The fraction of sp³-hybridized carbons (Fsp3) is 0.222. The predicted molar refractivity (Wildman–Crippen MR) is 164 cm³/mol. The molecule has 0 aliphatic carbocycles. The highest BCUT2D eigenvalue weighted by Gasteiger charge is 2.21. The summed E-state index contributed by atoms with van der Waals surface area (Å²) in [4.78, 5) is 48.5. The Hall–Kier alpha value is -4.48. The molecule has 5 nitrogen and oxygen atoms in total. The third-order valence-electron chi connectivity index (χ3n) is 6.51. The number of benzene rings is 4. The molecule has 0 unspecified atom stereocenters. The summed E-state index contributed by atoms with van der Waals surface area (Å²) >= 11 is 0. The first kappa shape index (κ1) is 32.7. The molecule has 212 valence electrons. The Morgan fingerprint density at radius 3 is 0.805 bits per heavy atom. The topological polar surface area (TPSA) is 99.8 Å². The molecule has 0 amide bonds. The summed E-state index contributed by atoms with van der Waals surface area (Å²) in [5, 5.41) is 0. The van der Waals surface area contributed by atoms with Crippen molar-refractivity contribution in [3.8, 4) is 0 Å². The van der Waals surface area contributed by atoms with Gasteiger partial charge in [-0.3, -0.25) is 19.2 Å². The zero-order chi connectivity index (χ0) is 29.5. The zero-order valence-electron chi connectivity index (χ0n) is 24.5. The van der Waals surface area contributed by atoms with E-state index in [0.717, 1.165) is 11.1 Å². The van der Waals surface area contributed by atoms with Crippen LogP contribution in [0.15, 0.2) is 109 Å². The molecule has 0 bridgehead atoms. The first-order valence-electron chi connectivity index (χ1n) is 13.3. The number of carbonyl (C=O) groups is 4. The van der Waals surface area contributed by atoms with E-state index in [1.54, 1.807) is 72.8 Å². The van der Waals surface area contributed by atoms with Crippen LogP contribution >= 0.6 is 0 Å². The van der Waals surface area contributed by atoms with Gasteiger partial charge in [-0.1, -0.05) is 151 Å². The molecule has 0 aliphatic rings. The fourth-order valence-electron chi connectivity index (χ4n) is 3.95. The maximum absolute atomic E-state index is 12.2. The van der Waals surface area contributed by atoms with Gasteiger partial charge in [-0.25, -0.2) is 0 Å². The van der Waals surface area contributed by atoms with Gasteiger partial charge in [-0.2, -0.15) is 0 Å². The van der Waals surface area contributed by atoms with Crippen LogP contribution in [0.25, 0.3) is 0 Å². The van der Waals surface area contributed by atoms with Gasteiger partial charge in [0.25, 0.3) is 0 Å². The summed E-state index contributed by atoms with van der Waals surface area (Å²) in [6.07, 6.45) is 0. The van der Waals surface area contributed by atoms with Crippen LogP contribution in [0, 0.1) is 0 Å². The Morgan fingerprint density at radius 2 is 0.585 bits per heavy atom. The lowest BCUT2D eigenvalue weighted by Gasteiger charge is -2.18. The first-order chi connectivity index (χ1) is 18.8. The average molecular weight is 551 g/mol. The molecule has 0 fully saturated rings. The zero-order valence-corrected chi connectivity index (χ0v) is 24.5. The molecule has 0 spiro atoms. The van der Waals surface area contributed by atoms with Crippen LogP contribution in [0.3, 0.4) is 0 Å². The molecule has 0 atom stereocenters. The van der Waals surface area contributed by atoms with E-state index in [0.29, 0.717) is 22.3 Å². The number of rotatable bonds is 6. The molecule has 5 heteroatoms. The molecule has 0 aliphatic heterocycles. The van der Waals surface area contributed by atoms with Crippen molar-refractivity contribution in [2.24, 2.45) is 0 Å². The third-order valence-corrected chi connectivity index (χ3v) is 6.51. The van der Waals surface area contributed by atoms with Gasteiger partial charge in [0.05, 0.1) is 0 Å². The Kier molecular flexibility index (Phi) is 11.0. The van der Waals surface area contributed by atoms with E-state index in [9.17, 15) is 19.2 Å². The van der Waals surface area contributed by atoms with Crippen LogP contribution < -0.4 is 0 Å². The molecule has 0 heterocycles. The maximum Gasteiger partial charge on any atom is 0.233 e. The normalized spacial score (nSPS) is 10.9. The van der Waals surface area contributed by atoms with Crippen molar-refractivity contribution in [3.05, 3.63) is 143 Å². The van der Waals surface area contributed by atoms with Crippen LogP contribution in [0.2, 0.25) is 0 Å². The van der Waals surface area contributed by atoms with E-state index in [1.165, 1.54) is 0 Å². The van der Waals surface area contributed by atoms with Gasteiger partial charge in [-0.15, -0.1) is 0 Å². The summed E-state index contributed by atoms with van der Waals surface area (Å²) in [5.41, 5.74) is 4.08. The van der Waals surface area contributed by atoms with E-state index in [4.69, 9.17) is 0 Å². The Morgan fingerprint density at radius 1 is 0.366 bits per heavy atom. The highest BCUT2D eigenvalue weighted by atomic mass is 16.2. The molecule has 0 radical (unpaired) electrons. The quantitative estimate of drug-likeness (QED) is 0.186. The highest BCUT2D eigenvalue weighted by Crippen LogP contribution is 2.23. The van der Waals surface area contributed by atoms with Gasteiger partial charge in [0.2, 0.25) is 23.1 Å². The van der Waals surface area contributed by atoms with Gasteiger partial charge in [0.1, 0.15) is 0 Å². The molecule has 4 aromatic carbocycles. The molecule has 0 aromatic heterocycles. The standard InChI is InChI=1S/2C18H18O2.H2O/c2*1-18(2,3)15-11-9-14(10-12-15)17(20)16(19)13-7-5-4-6-8-13;/h2*4-12H,1-3H3;1H2. The molecular formula is C36H38O5. The SMILES string of the molecule is CC(C)(C)c1ccc(C(=O)C(=O)c2ccccc2)cc1.CC(C)(C)c1ccc(C(=O)C(=O)c2ccccc2)cc1.O. The maximum atomic E-state index is 12.2. The van der Waals surface area contributed by atoms with E-state index in [2.05, 4.69) is 41.5 Å². The van der Waals surface area contributed by atoms with Gasteiger partial charge in [0, 0.05) is 22.3 Å². The van der Waals surface area contributed by atoms with Crippen molar-refractivity contribution in [2.45, 2.75) is 52.4 Å². The van der Waals surface area contributed by atoms with Crippen LogP contribution in [-0.4, -0.2) is 28.6 Å². The summed E-state index contributed by atoms with van der Waals surface area (Å²) < 4.78 is 0. The largest absolute Gasteiger partial charge is 0.412 e. The van der Waals surface area contributed by atoms with E-state index >= 15 is 0 Å². The minimum Gasteiger partial charge on any atom is -0.412 e. The number of ketones is 4. The van der Waals surface area contributed by atoms with E-state index in [-0.39, 0.29) is 16.3 Å². The minimum absolute atomic E-state index is 0.